The fourth-order valence-corrected chi connectivity index (χ4v) is 4.91. The second-order valence-corrected chi connectivity index (χ2v) is 9.54. The van der Waals surface area contributed by atoms with Crippen LogP contribution in [-0.2, 0) is 17.9 Å². The average Bonchev–Trinajstić information content (AvgIpc) is 3.28. The normalized spacial score (nSPS) is 14.1. The van der Waals surface area contributed by atoms with E-state index in [2.05, 4.69) is 39.3 Å². The van der Waals surface area contributed by atoms with Crippen LogP contribution in [0.25, 0.3) is 22.0 Å². The fraction of sp³-hybridized carbons (Fsp3) is 0.222. The molecule has 1 aliphatic rings. The molecule has 4 aromatic rings. The number of piperazine rings is 1. The van der Waals surface area contributed by atoms with Gasteiger partial charge in [0, 0.05) is 77.2 Å². The van der Waals surface area contributed by atoms with E-state index in [4.69, 9.17) is 33.7 Å². The zero-order chi connectivity index (χ0) is 25.1. The molecule has 7 nitrogen and oxygen atoms in total. The third kappa shape index (κ3) is 5.20. The van der Waals surface area contributed by atoms with Gasteiger partial charge < -0.3 is 20.4 Å². The summed E-state index contributed by atoms with van der Waals surface area (Å²) in [6.07, 6.45) is 5.31. The molecule has 0 amide bonds. The van der Waals surface area contributed by atoms with Gasteiger partial charge in [0.05, 0.1) is 6.20 Å². The fourth-order valence-electron chi connectivity index (χ4n) is 4.40. The minimum absolute atomic E-state index is 0.185. The summed E-state index contributed by atoms with van der Waals surface area (Å²) in [6, 6.07) is 13.5. The maximum Gasteiger partial charge on any atom is 0.166 e. The number of nitrogen functional groups attached to an aromatic ring is 1. The molecule has 0 aliphatic carbocycles. The molecule has 2 aromatic heterocycles. The molecule has 0 bridgehead atoms. The van der Waals surface area contributed by atoms with Crippen molar-refractivity contribution < 1.29 is 9.53 Å². The number of pyridine rings is 1. The number of hydrogen-bond acceptors (Lipinski definition) is 6. The van der Waals surface area contributed by atoms with Crippen molar-refractivity contribution in [3.63, 3.8) is 0 Å². The van der Waals surface area contributed by atoms with Gasteiger partial charge in [0.15, 0.2) is 11.6 Å². The van der Waals surface area contributed by atoms with Crippen LogP contribution in [0.4, 0.5) is 5.82 Å². The summed E-state index contributed by atoms with van der Waals surface area (Å²) in [6.45, 7) is 4.44. The molecule has 1 saturated heterocycles. The number of anilines is 1. The van der Waals surface area contributed by atoms with Crippen LogP contribution in [0.3, 0.4) is 0 Å². The van der Waals surface area contributed by atoms with Crippen molar-refractivity contribution in [1.82, 2.24) is 19.8 Å². The Bertz CT molecular complexity index is 1420. The number of halogens is 2. The van der Waals surface area contributed by atoms with Crippen molar-refractivity contribution in [3.05, 3.63) is 82.2 Å². The lowest BCUT2D eigenvalue weighted by Gasteiger charge is -2.33. The number of fused-ring (bicyclic) bond motifs is 1. The van der Waals surface area contributed by atoms with Gasteiger partial charge in [-0.05, 0) is 41.5 Å². The highest BCUT2D eigenvalue weighted by Crippen LogP contribution is 2.32. The lowest BCUT2D eigenvalue weighted by molar-refractivity contribution is 0.163. The average molecular weight is 522 g/mol. The number of nitrogens with two attached hydrogens (primary N) is 1. The number of rotatable bonds is 7. The molecule has 0 spiro atoms. The Balaban J connectivity index is 1.35. The SMILES string of the molecule is Nc1ncc(-c2ccc3[nH]cc(CN4CCN(C=C=O)CC4)c3c2)cc1OCc1c(Cl)cccc1Cl. The van der Waals surface area contributed by atoms with Crippen LogP contribution in [0.15, 0.2) is 61.1 Å². The molecular formula is C27H25Cl2N5O2. The maximum atomic E-state index is 10.6. The summed E-state index contributed by atoms with van der Waals surface area (Å²) in [7, 11) is 0. The van der Waals surface area contributed by atoms with Crippen LogP contribution in [-0.4, -0.2) is 51.9 Å². The first-order chi connectivity index (χ1) is 17.5. The van der Waals surface area contributed by atoms with Crippen molar-refractivity contribution in [1.29, 1.82) is 0 Å². The highest BCUT2D eigenvalue weighted by Gasteiger charge is 2.17. The molecule has 0 radical (unpaired) electrons. The molecule has 3 heterocycles. The summed E-state index contributed by atoms with van der Waals surface area (Å²) in [5, 5.41) is 2.24. The van der Waals surface area contributed by atoms with Crippen LogP contribution >= 0.6 is 23.2 Å². The van der Waals surface area contributed by atoms with Crippen LogP contribution in [0.2, 0.25) is 10.0 Å². The van der Waals surface area contributed by atoms with E-state index < -0.39 is 0 Å². The number of H-pyrrole nitrogens is 1. The predicted octanol–water partition coefficient (Wildman–Crippen LogP) is 5.16. The van der Waals surface area contributed by atoms with Gasteiger partial charge in [-0.15, -0.1) is 0 Å². The molecule has 2 aromatic carbocycles. The topological polar surface area (TPSA) is 87.5 Å². The van der Waals surface area contributed by atoms with E-state index in [1.165, 1.54) is 11.8 Å². The Morgan fingerprint density at radius 3 is 2.61 bits per heavy atom. The largest absolute Gasteiger partial charge is 0.485 e. The third-order valence-corrected chi connectivity index (χ3v) is 7.16. The van der Waals surface area contributed by atoms with Gasteiger partial charge in [-0.1, -0.05) is 35.3 Å². The predicted molar refractivity (Wildman–Crippen MR) is 144 cm³/mol. The molecule has 0 unspecified atom stereocenters. The van der Waals surface area contributed by atoms with Crippen LogP contribution in [0.1, 0.15) is 11.1 Å². The second kappa shape index (κ2) is 10.6. The zero-order valence-electron chi connectivity index (χ0n) is 19.5. The lowest BCUT2D eigenvalue weighted by Crippen LogP contribution is -2.43. The summed E-state index contributed by atoms with van der Waals surface area (Å²) in [5.41, 5.74) is 11.0. The number of benzene rings is 2. The lowest BCUT2D eigenvalue weighted by atomic mass is 10.0. The molecule has 5 rings (SSSR count). The van der Waals surface area contributed by atoms with Gasteiger partial charge in [-0.2, -0.15) is 0 Å². The first kappa shape index (κ1) is 24.2. The number of nitrogens with one attached hydrogen (secondary N) is 1. The molecule has 0 atom stereocenters. The Morgan fingerprint density at radius 1 is 1.08 bits per heavy atom. The molecule has 1 aliphatic heterocycles. The van der Waals surface area contributed by atoms with Crippen molar-refractivity contribution in [2.75, 3.05) is 31.9 Å². The summed E-state index contributed by atoms with van der Waals surface area (Å²) < 4.78 is 5.97. The van der Waals surface area contributed by atoms with Gasteiger partial charge >= 0.3 is 0 Å². The second-order valence-electron chi connectivity index (χ2n) is 8.73. The third-order valence-electron chi connectivity index (χ3n) is 6.45. The Kier molecular flexibility index (Phi) is 7.16. The molecular weight excluding hydrogens is 497 g/mol. The van der Waals surface area contributed by atoms with Crippen molar-refractivity contribution in [2.24, 2.45) is 0 Å². The number of aromatic nitrogens is 2. The van der Waals surface area contributed by atoms with Crippen LogP contribution in [0.5, 0.6) is 5.75 Å². The molecule has 1 fully saturated rings. The van der Waals surface area contributed by atoms with Crippen molar-refractivity contribution in [3.8, 4) is 16.9 Å². The monoisotopic (exact) mass is 521 g/mol. The molecule has 184 valence electrons. The summed E-state index contributed by atoms with van der Waals surface area (Å²) in [5.74, 6) is 2.64. The number of carbonyl (C=O) groups excluding carboxylic acids is 1. The van der Waals surface area contributed by atoms with Crippen LogP contribution in [0, 0.1) is 0 Å². The van der Waals surface area contributed by atoms with Gasteiger partial charge in [0.2, 0.25) is 0 Å². The first-order valence-electron chi connectivity index (χ1n) is 11.6. The standard InChI is InChI=1S/C27H25Cl2N5O2/c28-23-2-1-3-24(29)22(23)17-36-26-13-19(14-32-27(26)30)18-4-5-25-21(12-18)20(15-31-25)16-34-8-6-33(7-9-34)10-11-35/h1-5,10,12-15,31H,6-9,16-17H2,(H2,30,32). The first-order valence-corrected chi connectivity index (χ1v) is 12.4. The van der Waals surface area contributed by atoms with Gasteiger partial charge in [-0.25, -0.2) is 9.78 Å². The number of ether oxygens (including phenoxy) is 1. The van der Waals surface area contributed by atoms with E-state index in [0.717, 1.165) is 54.8 Å². The van der Waals surface area contributed by atoms with E-state index in [1.807, 2.05) is 16.9 Å². The van der Waals surface area contributed by atoms with E-state index in [9.17, 15) is 4.79 Å². The van der Waals surface area contributed by atoms with Crippen LogP contribution < -0.4 is 10.5 Å². The summed E-state index contributed by atoms with van der Waals surface area (Å²) >= 11 is 12.6. The zero-order valence-corrected chi connectivity index (χ0v) is 21.0. The number of aromatic amines is 1. The minimum Gasteiger partial charge on any atom is -0.485 e. The number of hydrogen-bond donors (Lipinski definition) is 2. The minimum atomic E-state index is 0.185. The van der Waals surface area contributed by atoms with Gasteiger partial charge in [0.25, 0.3) is 0 Å². The van der Waals surface area contributed by atoms with Gasteiger partial charge in [0.1, 0.15) is 12.5 Å². The number of nitrogens with zero attached hydrogens (tertiary/aromatic N) is 3. The quantitative estimate of drug-likeness (QED) is 0.326. The molecule has 3 N–H and O–H groups in total. The van der Waals surface area contributed by atoms with Crippen molar-refractivity contribution >= 4 is 45.9 Å². The summed E-state index contributed by atoms with van der Waals surface area (Å²) in [4.78, 5) is 22.7. The van der Waals surface area contributed by atoms with E-state index in [1.54, 1.807) is 24.4 Å². The van der Waals surface area contributed by atoms with E-state index in [0.29, 0.717) is 27.2 Å². The van der Waals surface area contributed by atoms with Gasteiger partial charge in [-0.3, -0.25) is 4.90 Å². The molecule has 9 heteroatoms. The molecule has 36 heavy (non-hydrogen) atoms. The highest BCUT2D eigenvalue weighted by atomic mass is 35.5. The molecule has 0 saturated carbocycles. The smallest absolute Gasteiger partial charge is 0.166 e. The Labute approximate surface area is 219 Å². The van der Waals surface area contributed by atoms with Crippen molar-refractivity contribution in [2.45, 2.75) is 13.2 Å². The Morgan fingerprint density at radius 2 is 1.86 bits per heavy atom. The van der Waals surface area contributed by atoms with E-state index in [-0.39, 0.29) is 6.61 Å². The highest BCUT2D eigenvalue weighted by molar-refractivity contribution is 6.35. The Hall–Kier alpha value is -3.48. The maximum absolute atomic E-state index is 10.6. The van der Waals surface area contributed by atoms with E-state index >= 15 is 0 Å².